The van der Waals surface area contributed by atoms with Crippen molar-refractivity contribution in [2.45, 2.75) is 85.0 Å². The van der Waals surface area contributed by atoms with Gasteiger partial charge in [0, 0.05) is 12.2 Å². The Kier molecular flexibility index (Phi) is 9.28. The van der Waals surface area contributed by atoms with E-state index in [4.69, 9.17) is 9.47 Å². The van der Waals surface area contributed by atoms with Gasteiger partial charge >= 0.3 is 0 Å². The van der Waals surface area contributed by atoms with Gasteiger partial charge < -0.3 is 14.8 Å². The van der Waals surface area contributed by atoms with E-state index in [1.165, 1.54) is 30.4 Å². The van der Waals surface area contributed by atoms with Crippen molar-refractivity contribution >= 4 is 5.69 Å². The molecule has 3 nitrogen and oxygen atoms in total. The van der Waals surface area contributed by atoms with Crippen LogP contribution in [0.1, 0.15) is 85.3 Å². The Balaban J connectivity index is 1.84. The molecule has 2 rings (SSSR count). The first-order chi connectivity index (χ1) is 14.6. The van der Waals surface area contributed by atoms with Gasteiger partial charge in [0.2, 0.25) is 0 Å². The van der Waals surface area contributed by atoms with E-state index in [2.05, 4.69) is 84.1 Å². The number of benzene rings is 2. The van der Waals surface area contributed by atoms with Crippen LogP contribution in [0.3, 0.4) is 0 Å². The van der Waals surface area contributed by atoms with Crippen LogP contribution in [0.25, 0.3) is 0 Å². The summed E-state index contributed by atoms with van der Waals surface area (Å²) in [6, 6.07) is 14.8. The van der Waals surface area contributed by atoms with E-state index in [0.717, 1.165) is 36.8 Å². The highest BCUT2D eigenvalue weighted by molar-refractivity contribution is 5.46. The van der Waals surface area contributed by atoms with E-state index < -0.39 is 0 Å². The fourth-order valence-corrected chi connectivity index (χ4v) is 3.45. The lowest BCUT2D eigenvalue weighted by Gasteiger charge is -2.27. The van der Waals surface area contributed by atoms with Crippen LogP contribution in [0.2, 0.25) is 0 Å². The standard InChI is InChI=1S/C28H43NO2/c1-8-9-10-11-19-30-24-15-13-23(14-16-24)29-18-20-31-26-17-12-22(27(2,3)4)21-25(26)28(5,6)7/h12-17,21,29H,8-11,18-20H2,1-7H3. The molecule has 0 aliphatic carbocycles. The van der Waals surface area contributed by atoms with E-state index in [-0.39, 0.29) is 10.8 Å². The second-order valence-corrected chi connectivity index (χ2v) is 10.4. The summed E-state index contributed by atoms with van der Waals surface area (Å²) in [4.78, 5) is 0. The summed E-state index contributed by atoms with van der Waals surface area (Å²) in [6.45, 7) is 17.9. The molecule has 3 heteroatoms. The lowest BCUT2D eigenvalue weighted by atomic mass is 9.80. The second kappa shape index (κ2) is 11.5. The minimum Gasteiger partial charge on any atom is -0.494 e. The molecule has 0 aliphatic heterocycles. The molecular formula is C28H43NO2. The smallest absolute Gasteiger partial charge is 0.123 e. The highest BCUT2D eigenvalue weighted by atomic mass is 16.5. The van der Waals surface area contributed by atoms with Crippen molar-refractivity contribution in [2.75, 3.05) is 25.1 Å². The first-order valence-electron chi connectivity index (χ1n) is 11.9. The maximum atomic E-state index is 6.17. The van der Waals surface area contributed by atoms with Gasteiger partial charge in [-0.1, -0.05) is 79.9 Å². The number of hydrogen-bond donors (Lipinski definition) is 1. The Labute approximate surface area is 190 Å². The monoisotopic (exact) mass is 425 g/mol. The van der Waals surface area contributed by atoms with Gasteiger partial charge in [0.25, 0.3) is 0 Å². The average molecular weight is 426 g/mol. The number of rotatable bonds is 11. The van der Waals surface area contributed by atoms with E-state index >= 15 is 0 Å². The summed E-state index contributed by atoms with van der Waals surface area (Å²) < 4.78 is 12.0. The van der Waals surface area contributed by atoms with Crippen molar-refractivity contribution < 1.29 is 9.47 Å². The minimum atomic E-state index is 0.0381. The normalized spacial score (nSPS) is 12.0. The predicted octanol–water partition coefficient (Wildman–Crippen LogP) is 7.73. The Morgan fingerprint density at radius 1 is 0.742 bits per heavy atom. The number of nitrogens with one attached hydrogen (secondary N) is 1. The molecule has 0 saturated carbocycles. The third kappa shape index (κ3) is 8.47. The predicted molar refractivity (Wildman–Crippen MR) is 134 cm³/mol. The van der Waals surface area contributed by atoms with Gasteiger partial charge in [-0.15, -0.1) is 0 Å². The number of ether oxygens (including phenoxy) is 2. The quantitative estimate of drug-likeness (QED) is 0.374. The van der Waals surface area contributed by atoms with Crippen LogP contribution in [0.4, 0.5) is 5.69 Å². The van der Waals surface area contributed by atoms with E-state index in [9.17, 15) is 0 Å². The largest absolute Gasteiger partial charge is 0.494 e. The molecule has 0 saturated heterocycles. The summed E-state index contributed by atoms with van der Waals surface area (Å²) in [6.07, 6.45) is 4.90. The summed E-state index contributed by atoms with van der Waals surface area (Å²) in [5, 5.41) is 3.44. The van der Waals surface area contributed by atoms with Gasteiger partial charge in [-0.05, 0) is 58.7 Å². The summed E-state index contributed by atoms with van der Waals surface area (Å²) >= 11 is 0. The molecule has 0 bridgehead atoms. The van der Waals surface area contributed by atoms with Crippen LogP contribution >= 0.6 is 0 Å². The Bertz CT molecular complexity index is 782. The first-order valence-corrected chi connectivity index (χ1v) is 11.9. The van der Waals surface area contributed by atoms with Crippen LogP contribution in [0.5, 0.6) is 11.5 Å². The third-order valence-electron chi connectivity index (χ3n) is 5.46. The summed E-state index contributed by atoms with van der Waals surface area (Å²) in [5.41, 5.74) is 3.86. The van der Waals surface area contributed by atoms with Gasteiger partial charge in [-0.3, -0.25) is 0 Å². The van der Waals surface area contributed by atoms with Gasteiger partial charge in [0.05, 0.1) is 6.61 Å². The second-order valence-electron chi connectivity index (χ2n) is 10.4. The number of hydrogen-bond acceptors (Lipinski definition) is 3. The highest BCUT2D eigenvalue weighted by Crippen LogP contribution is 2.35. The number of unbranched alkanes of at least 4 members (excludes halogenated alkanes) is 3. The lowest BCUT2D eigenvalue weighted by Crippen LogP contribution is -2.19. The highest BCUT2D eigenvalue weighted by Gasteiger charge is 2.23. The van der Waals surface area contributed by atoms with Crippen LogP contribution in [0, 0.1) is 0 Å². The Morgan fingerprint density at radius 2 is 1.45 bits per heavy atom. The zero-order valence-corrected chi connectivity index (χ0v) is 20.8. The third-order valence-corrected chi connectivity index (χ3v) is 5.46. The first kappa shape index (κ1) is 25.1. The van der Waals surface area contributed by atoms with Crippen molar-refractivity contribution in [1.29, 1.82) is 0 Å². The fraction of sp³-hybridized carbons (Fsp3) is 0.571. The minimum absolute atomic E-state index is 0.0381. The molecule has 0 heterocycles. The van der Waals surface area contributed by atoms with Crippen LogP contribution in [-0.4, -0.2) is 19.8 Å². The van der Waals surface area contributed by atoms with Crippen molar-refractivity contribution in [1.82, 2.24) is 0 Å². The maximum absolute atomic E-state index is 6.17. The molecule has 2 aromatic carbocycles. The zero-order chi connectivity index (χ0) is 22.9. The molecule has 172 valence electrons. The summed E-state index contributed by atoms with van der Waals surface area (Å²) in [7, 11) is 0. The molecule has 0 aliphatic rings. The van der Waals surface area contributed by atoms with Gasteiger partial charge in [0.15, 0.2) is 0 Å². The van der Waals surface area contributed by atoms with Crippen molar-refractivity contribution in [3.05, 3.63) is 53.6 Å². The summed E-state index contributed by atoms with van der Waals surface area (Å²) in [5.74, 6) is 1.92. The molecule has 2 aromatic rings. The molecule has 0 atom stereocenters. The topological polar surface area (TPSA) is 30.5 Å². The van der Waals surface area contributed by atoms with Gasteiger partial charge in [-0.2, -0.15) is 0 Å². The molecule has 1 N–H and O–H groups in total. The lowest BCUT2D eigenvalue weighted by molar-refractivity contribution is 0.305. The van der Waals surface area contributed by atoms with Crippen LogP contribution in [0.15, 0.2) is 42.5 Å². The fourth-order valence-electron chi connectivity index (χ4n) is 3.45. The molecular weight excluding hydrogens is 382 g/mol. The maximum Gasteiger partial charge on any atom is 0.123 e. The zero-order valence-electron chi connectivity index (χ0n) is 20.8. The molecule has 0 unspecified atom stereocenters. The molecule has 0 fully saturated rings. The van der Waals surface area contributed by atoms with Crippen LogP contribution in [-0.2, 0) is 10.8 Å². The molecule has 0 aromatic heterocycles. The van der Waals surface area contributed by atoms with E-state index in [0.29, 0.717) is 6.61 Å². The van der Waals surface area contributed by atoms with Crippen LogP contribution < -0.4 is 14.8 Å². The van der Waals surface area contributed by atoms with E-state index in [1.54, 1.807) is 0 Å². The average Bonchev–Trinajstić information content (AvgIpc) is 2.70. The number of anilines is 1. The Morgan fingerprint density at radius 3 is 2.06 bits per heavy atom. The SMILES string of the molecule is CCCCCCOc1ccc(NCCOc2ccc(C(C)(C)C)cc2C(C)(C)C)cc1. The molecule has 0 amide bonds. The van der Waals surface area contributed by atoms with Crippen molar-refractivity contribution in [2.24, 2.45) is 0 Å². The van der Waals surface area contributed by atoms with Crippen molar-refractivity contribution in [3.63, 3.8) is 0 Å². The molecule has 0 spiro atoms. The van der Waals surface area contributed by atoms with Gasteiger partial charge in [-0.25, -0.2) is 0 Å². The van der Waals surface area contributed by atoms with Gasteiger partial charge in [0.1, 0.15) is 18.1 Å². The molecule has 0 radical (unpaired) electrons. The van der Waals surface area contributed by atoms with E-state index in [1.807, 2.05) is 12.1 Å². The van der Waals surface area contributed by atoms with Crippen molar-refractivity contribution in [3.8, 4) is 11.5 Å². The molecule has 31 heavy (non-hydrogen) atoms. The Hall–Kier alpha value is -2.16.